The van der Waals surface area contributed by atoms with Gasteiger partial charge in [-0.25, -0.2) is 0 Å². The molecule has 1 fully saturated rings. The van der Waals surface area contributed by atoms with Crippen LogP contribution in [0.2, 0.25) is 0 Å². The summed E-state index contributed by atoms with van der Waals surface area (Å²) < 4.78 is 0. The zero-order chi connectivity index (χ0) is 13.2. The van der Waals surface area contributed by atoms with Crippen LogP contribution in [0.5, 0.6) is 5.75 Å². The highest BCUT2D eigenvalue weighted by molar-refractivity contribution is 5.38. The van der Waals surface area contributed by atoms with Crippen molar-refractivity contribution in [2.24, 2.45) is 0 Å². The summed E-state index contributed by atoms with van der Waals surface area (Å²) in [6.07, 6.45) is 7.34. The van der Waals surface area contributed by atoms with Crippen LogP contribution in [-0.4, -0.2) is 22.4 Å². The standard InChI is InChI=1S/C16H23NO2/c18-13-6-4-12(5-7-13)17-16-3-1-2-11-10-14(19)8-9-15(11)16/h8-10,12-13,16-19H,1-7H2. The number of nitrogens with one attached hydrogen (secondary N) is 1. The van der Waals surface area contributed by atoms with Crippen molar-refractivity contribution in [3.63, 3.8) is 0 Å². The summed E-state index contributed by atoms with van der Waals surface area (Å²) in [7, 11) is 0. The van der Waals surface area contributed by atoms with E-state index in [1.165, 1.54) is 24.0 Å². The highest BCUT2D eigenvalue weighted by Gasteiger charge is 2.25. The van der Waals surface area contributed by atoms with Crippen LogP contribution in [0.25, 0.3) is 0 Å². The van der Waals surface area contributed by atoms with Crippen LogP contribution in [0.4, 0.5) is 0 Å². The Morgan fingerprint density at radius 1 is 1.05 bits per heavy atom. The lowest BCUT2D eigenvalue weighted by Gasteiger charge is -2.33. The van der Waals surface area contributed by atoms with E-state index in [0.29, 0.717) is 17.8 Å². The van der Waals surface area contributed by atoms with Gasteiger partial charge in [-0.05, 0) is 68.2 Å². The summed E-state index contributed by atoms with van der Waals surface area (Å²) in [5.74, 6) is 0.375. The molecule has 1 aromatic carbocycles. The Bertz CT molecular complexity index is 438. The molecule has 2 aliphatic rings. The molecule has 3 N–H and O–H groups in total. The lowest BCUT2D eigenvalue weighted by molar-refractivity contribution is 0.113. The van der Waals surface area contributed by atoms with Gasteiger partial charge in [0.15, 0.2) is 0 Å². The van der Waals surface area contributed by atoms with Crippen LogP contribution >= 0.6 is 0 Å². The van der Waals surface area contributed by atoms with Gasteiger partial charge in [0.2, 0.25) is 0 Å². The molecule has 1 aromatic rings. The van der Waals surface area contributed by atoms with Crippen molar-refractivity contribution >= 4 is 0 Å². The zero-order valence-electron chi connectivity index (χ0n) is 11.3. The molecule has 3 nitrogen and oxygen atoms in total. The van der Waals surface area contributed by atoms with E-state index in [0.717, 1.165) is 32.1 Å². The number of hydrogen-bond acceptors (Lipinski definition) is 3. The third-order valence-electron chi connectivity index (χ3n) is 4.57. The predicted molar refractivity (Wildman–Crippen MR) is 75.2 cm³/mol. The van der Waals surface area contributed by atoms with E-state index < -0.39 is 0 Å². The number of aryl methyl sites for hydroxylation is 1. The molecule has 0 heterocycles. The first-order valence-corrected chi connectivity index (χ1v) is 7.48. The molecule has 0 aliphatic heterocycles. The summed E-state index contributed by atoms with van der Waals surface area (Å²) in [4.78, 5) is 0. The summed E-state index contributed by atoms with van der Waals surface area (Å²) in [6, 6.07) is 6.73. The molecule has 3 rings (SSSR count). The van der Waals surface area contributed by atoms with E-state index in [1.807, 2.05) is 6.07 Å². The van der Waals surface area contributed by atoms with Crippen LogP contribution < -0.4 is 5.32 Å². The van der Waals surface area contributed by atoms with E-state index >= 15 is 0 Å². The second-order valence-corrected chi connectivity index (χ2v) is 6.00. The van der Waals surface area contributed by atoms with Crippen molar-refractivity contribution in [2.45, 2.75) is 63.1 Å². The third kappa shape index (κ3) is 2.93. The normalized spacial score (nSPS) is 30.9. The van der Waals surface area contributed by atoms with E-state index in [-0.39, 0.29) is 6.10 Å². The second-order valence-electron chi connectivity index (χ2n) is 6.00. The molecule has 1 saturated carbocycles. The number of rotatable bonds is 2. The maximum absolute atomic E-state index is 9.58. The van der Waals surface area contributed by atoms with Gasteiger partial charge in [-0.3, -0.25) is 0 Å². The summed E-state index contributed by atoms with van der Waals surface area (Å²) in [6.45, 7) is 0. The number of phenols is 1. The van der Waals surface area contributed by atoms with Crippen molar-refractivity contribution in [1.82, 2.24) is 5.32 Å². The molecule has 1 unspecified atom stereocenters. The molecule has 0 radical (unpaired) electrons. The monoisotopic (exact) mass is 261 g/mol. The first-order valence-electron chi connectivity index (χ1n) is 7.48. The molecule has 2 aliphatic carbocycles. The minimum absolute atomic E-state index is 0.0892. The molecule has 0 bridgehead atoms. The highest BCUT2D eigenvalue weighted by atomic mass is 16.3. The molecule has 19 heavy (non-hydrogen) atoms. The Balaban J connectivity index is 1.70. The van der Waals surface area contributed by atoms with Crippen LogP contribution in [0.1, 0.15) is 55.7 Å². The summed E-state index contributed by atoms with van der Waals surface area (Å²) >= 11 is 0. The van der Waals surface area contributed by atoms with Gasteiger partial charge in [0.25, 0.3) is 0 Å². The van der Waals surface area contributed by atoms with Gasteiger partial charge in [-0.1, -0.05) is 6.07 Å². The van der Waals surface area contributed by atoms with Gasteiger partial charge in [0, 0.05) is 12.1 Å². The van der Waals surface area contributed by atoms with Gasteiger partial charge >= 0.3 is 0 Å². The molecule has 0 amide bonds. The number of aliphatic hydroxyl groups excluding tert-OH is 1. The van der Waals surface area contributed by atoms with Crippen molar-refractivity contribution in [1.29, 1.82) is 0 Å². The van der Waals surface area contributed by atoms with E-state index in [2.05, 4.69) is 11.4 Å². The average Bonchev–Trinajstić information content (AvgIpc) is 2.41. The molecule has 0 spiro atoms. The van der Waals surface area contributed by atoms with Gasteiger partial charge in [0.05, 0.1) is 6.10 Å². The molecule has 3 heteroatoms. The largest absolute Gasteiger partial charge is 0.508 e. The fourth-order valence-electron chi connectivity index (χ4n) is 3.50. The molecule has 1 atom stereocenters. The number of hydrogen-bond donors (Lipinski definition) is 3. The summed E-state index contributed by atoms with van der Waals surface area (Å²) in [5, 5.41) is 22.9. The number of aromatic hydroxyl groups is 1. The Labute approximate surface area is 114 Å². The second kappa shape index (κ2) is 5.51. The molecular weight excluding hydrogens is 238 g/mol. The molecule has 104 valence electrons. The van der Waals surface area contributed by atoms with Gasteiger partial charge in [-0.2, -0.15) is 0 Å². The van der Waals surface area contributed by atoms with E-state index in [4.69, 9.17) is 0 Å². The number of aliphatic hydroxyl groups is 1. The quantitative estimate of drug-likeness (QED) is 0.767. The fraction of sp³-hybridized carbons (Fsp3) is 0.625. The molecular formula is C16H23NO2. The van der Waals surface area contributed by atoms with E-state index in [9.17, 15) is 10.2 Å². The minimum atomic E-state index is -0.0892. The zero-order valence-corrected chi connectivity index (χ0v) is 11.3. The summed E-state index contributed by atoms with van der Waals surface area (Å²) in [5.41, 5.74) is 2.65. The first-order chi connectivity index (χ1) is 9.22. The van der Waals surface area contributed by atoms with Crippen molar-refractivity contribution in [3.05, 3.63) is 29.3 Å². The van der Waals surface area contributed by atoms with Crippen LogP contribution in [0.3, 0.4) is 0 Å². The fourth-order valence-corrected chi connectivity index (χ4v) is 3.50. The van der Waals surface area contributed by atoms with Gasteiger partial charge in [-0.15, -0.1) is 0 Å². The van der Waals surface area contributed by atoms with Gasteiger partial charge < -0.3 is 15.5 Å². The Morgan fingerprint density at radius 3 is 2.63 bits per heavy atom. The minimum Gasteiger partial charge on any atom is -0.508 e. The lowest BCUT2D eigenvalue weighted by atomic mass is 9.85. The topological polar surface area (TPSA) is 52.5 Å². The highest BCUT2D eigenvalue weighted by Crippen LogP contribution is 2.33. The smallest absolute Gasteiger partial charge is 0.115 e. The number of benzene rings is 1. The van der Waals surface area contributed by atoms with Crippen molar-refractivity contribution in [3.8, 4) is 5.75 Å². The Hall–Kier alpha value is -1.06. The maximum Gasteiger partial charge on any atom is 0.115 e. The number of phenolic OH excluding ortho intramolecular Hbond substituents is 1. The van der Waals surface area contributed by atoms with Crippen LogP contribution in [0, 0.1) is 0 Å². The van der Waals surface area contributed by atoms with Crippen molar-refractivity contribution < 1.29 is 10.2 Å². The van der Waals surface area contributed by atoms with Crippen LogP contribution in [0.15, 0.2) is 18.2 Å². The first kappa shape index (κ1) is 12.9. The van der Waals surface area contributed by atoms with Crippen molar-refractivity contribution in [2.75, 3.05) is 0 Å². The number of fused-ring (bicyclic) bond motifs is 1. The predicted octanol–water partition coefficient (Wildman–Crippen LogP) is 2.66. The van der Waals surface area contributed by atoms with Crippen LogP contribution in [-0.2, 0) is 6.42 Å². The Kier molecular flexibility index (Phi) is 3.76. The third-order valence-corrected chi connectivity index (χ3v) is 4.57. The molecule has 0 aromatic heterocycles. The lowest BCUT2D eigenvalue weighted by Crippen LogP contribution is -2.38. The average molecular weight is 261 g/mol. The molecule has 0 saturated heterocycles. The maximum atomic E-state index is 9.58. The van der Waals surface area contributed by atoms with Gasteiger partial charge in [0.1, 0.15) is 5.75 Å². The Morgan fingerprint density at radius 2 is 1.84 bits per heavy atom. The SMILES string of the molecule is Oc1ccc2c(c1)CCCC2NC1CCC(O)CC1. The van der Waals surface area contributed by atoms with E-state index in [1.54, 1.807) is 6.07 Å².